The molecule has 1 rings (SSSR count). The smallest absolute Gasteiger partial charge is 0.189 e. The van der Waals surface area contributed by atoms with Crippen LogP contribution in [0.5, 0.6) is 0 Å². The molecule has 0 aromatic carbocycles. The molecule has 0 unspecified atom stereocenters. The van der Waals surface area contributed by atoms with E-state index < -0.39 is 0 Å². The van der Waals surface area contributed by atoms with E-state index >= 15 is 0 Å². The van der Waals surface area contributed by atoms with Gasteiger partial charge < -0.3 is 11.5 Å². The van der Waals surface area contributed by atoms with Gasteiger partial charge in [0.25, 0.3) is 0 Å². The number of anilines is 2. The number of rotatable bonds is 2. The average molecular weight is 170 g/mol. The Morgan fingerprint density at radius 1 is 1.55 bits per heavy atom. The van der Waals surface area contributed by atoms with Gasteiger partial charge in [0.2, 0.25) is 0 Å². The summed E-state index contributed by atoms with van der Waals surface area (Å²) in [6.45, 7) is 2.03. The molecule has 0 saturated heterocycles. The molecule has 0 bridgehead atoms. The van der Waals surface area contributed by atoms with Crippen LogP contribution in [0, 0.1) is 0 Å². The van der Waals surface area contributed by atoms with E-state index in [0.29, 0.717) is 16.7 Å². The van der Waals surface area contributed by atoms with E-state index in [1.165, 1.54) is 6.20 Å². The van der Waals surface area contributed by atoms with Crippen molar-refractivity contribution in [1.29, 1.82) is 0 Å². The first-order chi connectivity index (χ1) is 5.24. The van der Waals surface area contributed by atoms with Gasteiger partial charge in [-0.1, -0.05) is 18.7 Å². The lowest BCUT2D eigenvalue weighted by Crippen LogP contribution is -2.00. The number of nitrogens with two attached hydrogens (primary N) is 2. The standard InChI is InChI=1S/C6H10N4S/c1-2-11-6-9-3-4(7)5(8)10-6/h3H,2,7H2,1H3,(H2,8,9,10). The van der Waals surface area contributed by atoms with E-state index in [1.807, 2.05) is 6.92 Å². The molecule has 0 fully saturated rings. The fourth-order valence-corrected chi connectivity index (χ4v) is 1.13. The molecule has 0 aliphatic carbocycles. The summed E-state index contributed by atoms with van der Waals surface area (Å²) in [5, 5.41) is 0.680. The molecule has 11 heavy (non-hydrogen) atoms. The molecule has 0 radical (unpaired) electrons. The van der Waals surface area contributed by atoms with Crippen molar-refractivity contribution in [3.63, 3.8) is 0 Å². The third-order valence-electron chi connectivity index (χ3n) is 1.10. The van der Waals surface area contributed by atoms with Crippen molar-refractivity contribution in [2.24, 2.45) is 0 Å². The maximum Gasteiger partial charge on any atom is 0.189 e. The topological polar surface area (TPSA) is 77.8 Å². The monoisotopic (exact) mass is 170 g/mol. The molecule has 60 valence electrons. The Morgan fingerprint density at radius 3 is 2.82 bits per heavy atom. The molecule has 1 aromatic heterocycles. The van der Waals surface area contributed by atoms with Crippen molar-refractivity contribution in [2.75, 3.05) is 17.2 Å². The molecule has 0 spiro atoms. The van der Waals surface area contributed by atoms with Crippen LogP contribution in [0.15, 0.2) is 11.4 Å². The van der Waals surface area contributed by atoms with Gasteiger partial charge in [0, 0.05) is 0 Å². The van der Waals surface area contributed by atoms with Crippen molar-refractivity contribution < 1.29 is 0 Å². The van der Waals surface area contributed by atoms with Gasteiger partial charge in [-0.15, -0.1) is 0 Å². The molecule has 0 saturated carbocycles. The number of thioether (sulfide) groups is 1. The Labute approximate surface area is 69.4 Å². The number of aromatic nitrogens is 2. The first-order valence-corrected chi connectivity index (χ1v) is 4.23. The lowest BCUT2D eigenvalue weighted by molar-refractivity contribution is 0.980. The minimum Gasteiger partial charge on any atom is -0.394 e. The van der Waals surface area contributed by atoms with Crippen LogP contribution in [0.25, 0.3) is 0 Å². The van der Waals surface area contributed by atoms with Crippen LogP contribution in [0.3, 0.4) is 0 Å². The zero-order valence-corrected chi connectivity index (χ0v) is 7.06. The third kappa shape index (κ3) is 1.98. The van der Waals surface area contributed by atoms with E-state index in [4.69, 9.17) is 11.5 Å². The van der Waals surface area contributed by atoms with E-state index in [2.05, 4.69) is 9.97 Å². The molecule has 1 aromatic rings. The Morgan fingerprint density at radius 2 is 2.27 bits per heavy atom. The summed E-state index contributed by atoms with van der Waals surface area (Å²) in [6, 6.07) is 0. The maximum absolute atomic E-state index is 5.46. The second-order valence-corrected chi connectivity index (χ2v) is 3.16. The normalized spacial score (nSPS) is 9.91. The predicted molar refractivity (Wildman–Crippen MR) is 47.3 cm³/mol. The second kappa shape index (κ2) is 3.43. The summed E-state index contributed by atoms with van der Waals surface area (Å²) < 4.78 is 0. The minimum atomic E-state index is 0.357. The van der Waals surface area contributed by atoms with Gasteiger partial charge in [0.05, 0.1) is 11.9 Å². The van der Waals surface area contributed by atoms with Crippen molar-refractivity contribution in [3.8, 4) is 0 Å². The van der Waals surface area contributed by atoms with Gasteiger partial charge in [-0.2, -0.15) is 0 Å². The van der Waals surface area contributed by atoms with Crippen LogP contribution >= 0.6 is 11.8 Å². The average Bonchev–Trinajstić information content (AvgIpc) is 1.98. The highest BCUT2D eigenvalue weighted by Crippen LogP contribution is 2.16. The Balaban J connectivity index is 2.86. The van der Waals surface area contributed by atoms with Crippen LogP contribution < -0.4 is 11.5 Å². The van der Waals surface area contributed by atoms with Gasteiger partial charge in [-0.25, -0.2) is 9.97 Å². The number of hydrogen-bond donors (Lipinski definition) is 2. The van der Waals surface area contributed by atoms with Crippen LogP contribution in [-0.4, -0.2) is 15.7 Å². The lowest BCUT2D eigenvalue weighted by Gasteiger charge is -1.99. The molecule has 0 aliphatic rings. The van der Waals surface area contributed by atoms with Crippen molar-refractivity contribution in [1.82, 2.24) is 9.97 Å². The SMILES string of the molecule is CCSc1ncc(N)c(N)n1. The van der Waals surface area contributed by atoms with E-state index in [-0.39, 0.29) is 0 Å². The van der Waals surface area contributed by atoms with Crippen LogP contribution in [0.2, 0.25) is 0 Å². The van der Waals surface area contributed by atoms with Crippen molar-refractivity contribution in [2.45, 2.75) is 12.1 Å². The quantitative estimate of drug-likeness (QED) is 0.506. The number of nitrogens with zero attached hydrogens (tertiary/aromatic N) is 2. The molecule has 5 heteroatoms. The van der Waals surface area contributed by atoms with E-state index in [9.17, 15) is 0 Å². The second-order valence-electron chi connectivity index (χ2n) is 1.93. The van der Waals surface area contributed by atoms with Crippen LogP contribution in [0.4, 0.5) is 11.5 Å². The molecule has 4 N–H and O–H groups in total. The van der Waals surface area contributed by atoms with Gasteiger partial charge in [-0.05, 0) is 5.75 Å². The summed E-state index contributed by atoms with van der Waals surface area (Å²) in [7, 11) is 0. The first kappa shape index (κ1) is 8.13. The fourth-order valence-electron chi connectivity index (χ4n) is 0.586. The molecular weight excluding hydrogens is 160 g/mol. The summed E-state index contributed by atoms with van der Waals surface area (Å²) in [6.07, 6.45) is 1.53. The number of nitrogen functional groups attached to an aromatic ring is 2. The molecule has 0 aliphatic heterocycles. The summed E-state index contributed by atoms with van der Waals surface area (Å²) >= 11 is 1.54. The highest BCUT2D eigenvalue weighted by molar-refractivity contribution is 7.99. The number of hydrogen-bond acceptors (Lipinski definition) is 5. The first-order valence-electron chi connectivity index (χ1n) is 3.24. The fraction of sp³-hybridized carbons (Fsp3) is 0.333. The Kier molecular flexibility index (Phi) is 2.53. The summed E-state index contributed by atoms with van der Waals surface area (Å²) in [4.78, 5) is 7.94. The zero-order valence-electron chi connectivity index (χ0n) is 6.24. The molecule has 4 nitrogen and oxygen atoms in total. The zero-order chi connectivity index (χ0) is 8.27. The predicted octanol–water partition coefficient (Wildman–Crippen LogP) is 0.753. The molecular formula is C6H10N4S. The molecule has 0 amide bonds. The van der Waals surface area contributed by atoms with Gasteiger partial charge in [-0.3, -0.25) is 0 Å². The van der Waals surface area contributed by atoms with Crippen molar-refractivity contribution in [3.05, 3.63) is 6.20 Å². The van der Waals surface area contributed by atoms with Gasteiger partial charge >= 0.3 is 0 Å². The summed E-state index contributed by atoms with van der Waals surface area (Å²) in [5.41, 5.74) is 11.3. The van der Waals surface area contributed by atoms with Crippen LogP contribution in [0.1, 0.15) is 6.92 Å². The Hall–Kier alpha value is -0.970. The Bertz CT molecular complexity index is 250. The highest BCUT2D eigenvalue weighted by atomic mass is 32.2. The summed E-state index contributed by atoms with van der Waals surface area (Å²) in [5.74, 6) is 1.29. The molecule has 0 atom stereocenters. The maximum atomic E-state index is 5.46. The van der Waals surface area contributed by atoms with Crippen molar-refractivity contribution >= 4 is 23.3 Å². The largest absolute Gasteiger partial charge is 0.394 e. The lowest BCUT2D eigenvalue weighted by atomic mass is 10.5. The van der Waals surface area contributed by atoms with Gasteiger partial charge in [0.1, 0.15) is 0 Å². The van der Waals surface area contributed by atoms with E-state index in [1.54, 1.807) is 11.8 Å². The third-order valence-corrected chi connectivity index (χ3v) is 1.84. The minimum absolute atomic E-state index is 0.357. The highest BCUT2D eigenvalue weighted by Gasteiger charge is 1.98. The van der Waals surface area contributed by atoms with E-state index in [0.717, 1.165) is 5.75 Å². The van der Waals surface area contributed by atoms with Crippen LogP contribution in [-0.2, 0) is 0 Å². The van der Waals surface area contributed by atoms with Gasteiger partial charge in [0.15, 0.2) is 11.0 Å². The molecule has 1 heterocycles.